The van der Waals surface area contributed by atoms with Gasteiger partial charge in [0.2, 0.25) is 0 Å². The molecule has 8 heteroatoms. The molecule has 1 unspecified atom stereocenters. The van der Waals surface area contributed by atoms with Gasteiger partial charge >= 0.3 is 5.51 Å². The minimum Gasteiger partial charge on any atom is -0.387 e. The summed E-state index contributed by atoms with van der Waals surface area (Å²) in [6.07, 6.45) is -0.802. The van der Waals surface area contributed by atoms with Crippen LogP contribution >= 0.6 is 0 Å². The molecule has 0 aromatic heterocycles. The van der Waals surface area contributed by atoms with Gasteiger partial charge in [-0.25, -0.2) is 8.42 Å². The van der Waals surface area contributed by atoms with Crippen molar-refractivity contribution in [1.29, 1.82) is 0 Å². The molecule has 0 fully saturated rings. The van der Waals surface area contributed by atoms with Crippen molar-refractivity contribution in [2.24, 2.45) is 0 Å². The number of nitrogens with one attached hydrogen (secondary N) is 1. The van der Waals surface area contributed by atoms with Gasteiger partial charge in [0.05, 0.1) is 11.0 Å². The Hall–Kier alpha value is -2.06. The third-order valence-corrected chi connectivity index (χ3v) is 4.90. The lowest BCUT2D eigenvalue weighted by molar-refractivity contribution is -0.0436. The van der Waals surface area contributed by atoms with Crippen LogP contribution in [0.15, 0.2) is 53.4 Å². The topological polar surface area (TPSA) is 66.4 Å². The molecule has 2 N–H and O–H groups in total. The molecule has 0 aliphatic rings. The number of alkyl halides is 3. The summed E-state index contributed by atoms with van der Waals surface area (Å²) in [5.74, 6) is 0. The minimum atomic E-state index is -5.35. The lowest BCUT2D eigenvalue weighted by Gasteiger charge is -2.14. The molecule has 4 nitrogen and oxygen atoms in total. The Bertz CT molecular complexity index is 802. The van der Waals surface area contributed by atoms with Crippen LogP contribution in [0.25, 0.3) is 0 Å². The van der Waals surface area contributed by atoms with Crippen molar-refractivity contribution in [3.05, 3.63) is 59.7 Å². The van der Waals surface area contributed by atoms with Crippen LogP contribution in [0.3, 0.4) is 0 Å². The molecule has 0 radical (unpaired) electrons. The van der Waals surface area contributed by atoms with Gasteiger partial charge in [0.25, 0.3) is 9.84 Å². The Balaban J connectivity index is 2.05. The first-order valence-electron chi connectivity index (χ1n) is 7.01. The maximum absolute atomic E-state index is 12.5. The Morgan fingerprint density at radius 2 is 1.75 bits per heavy atom. The van der Waals surface area contributed by atoms with Crippen molar-refractivity contribution < 1.29 is 26.7 Å². The van der Waals surface area contributed by atoms with E-state index in [-0.39, 0.29) is 6.54 Å². The number of halogens is 3. The van der Waals surface area contributed by atoms with Crippen LogP contribution in [0.5, 0.6) is 0 Å². The van der Waals surface area contributed by atoms with Crippen molar-refractivity contribution in [2.75, 3.05) is 11.9 Å². The fraction of sp³-hybridized carbons (Fsp3) is 0.250. The second kappa shape index (κ2) is 6.82. The normalized spacial score (nSPS) is 13.5. The fourth-order valence-corrected chi connectivity index (χ4v) is 2.86. The standard InChI is InChI=1S/C16H16F3NO3S/c1-11-3-2-4-12(9-11)15(21)10-20-13-5-7-14(8-6-13)24(22,23)16(17,18)19/h2-9,15,20-21H,10H2,1H3. The number of aliphatic hydroxyl groups is 1. The minimum absolute atomic E-state index is 0.134. The number of rotatable bonds is 5. The fourth-order valence-electron chi connectivity index (χ4n) is 2.10. The highest BCUT2D eigenvalue weighted by atomic mass is 32.2. The van der Waals surface area contributed by atoms with Gasteiger partial charge in [0, 0.05) is 12.2 Å². The van der Waals surface area contributed by atoms with Gasteiger partial charge in [0.1, 0.15) is 0 Å². The predicted molar refractivity (Wildman–Crippen MR) is 84.3 cm³/mol. The van der Waals surface area contributed by atoms with E-state index in [1.807, 2.05) is 25.1 Å². The van der Waals surface area contributed by atoms with Gasteiger partial charge in [0.15, 0.2) is 0 Å². The summed E-state index contributed by atoms with van der Waals surface area (Å²) in [6.45, 7) is 2.03. The number of sulfone groups is 1. The third-order valence-electron chi connectivity index (χ3n) is 3.40. The van der Waals surface area contributed by atoms with Gasteiger partial charge in [-0.05, 0) is 36.8 Å². The average Bonchev–Trinajstić information content (AvgIpc) is 2.52. The molecule has 0 aliphatic heterocycles. The monoisotopic (exact) mass is 359 g/mol. The second-order valence-electron chi connectivity index (χ2n) is 5.28. The first-order chi connectivity index (χ1) is 11.1. The van der Waals surface area contributed by atoms with E-state index in [1.54, 1.807) is 6.07 Å². The largest absolute Gasteiger partial charge is 0.501 e. The van der Waals surface area contributed by atoms with Gasteiger partial charge in [-0.3, -0.25) is 0 Å². The molecule has 2 aromatic carbocycles. The molecule has 0 saturated heterocycles. The van der Waals surface area contributed by atoms with E-state index in [1.165, 1.54) is 12.1 Å². The van der Waals surface area contributed by atoms with Gasteiger partial charge in [-0.1, -0.05) is 29.8 Å². The van der Waals surface area contributed by atoms with E-state index in [9.17, 15) is 26.7 Å². The Kier molecular flexibility index (Phi) is 5.19. The first-order valence-corrected chi connectivity index (χ1v) is 8.49. The molecule has 2 aromatic rings. The highest BCUT2D eigenvalue weighted by molar-refractivity contribution is 7.92. The molecule has 1 atom stereocenters. The number of benzene rings is 2. The molecule has 0 spiro atoms. The molecule has 0 heterocycles. The molecule has 24 heavy (non-hydrogen) atoms. The van der Waals surface area contributed by atoms with Crippen LogP contribution in [0.2, 0.25) is 0 Å². The molecule has 0 saturated carbocycles. The highest BCUT2D eigenvalue weighted by Gasteiger charge is 2.46. The van der Waals surface area contributed by atoms with Gasteiger partial charge < -0.3 is 10.4 Å². The lowest BCUT2D eigenvalue weighted by Crippen LogP contribution is -2.23. The molecule has 0 aliphatic carbocycles. The zero-order chi connectivity index (χ0) is 18.0. The summed E-state index contributed by atoms with van der Waals surface area (Å²) in [5.41, 5.74) is -3.22. The Morgan fingerprint density at radius 1 is 1.12 bits per heavy atom. The van der Waals surface area contributed by atoms with Crippen LogP contribution in [0, 0.1) is 6.92 Å². The molecule has 2 rings (SSSR count). The van der Waals surface area contributed by atoms with Gasteiger partial charge in [-0.2, -0.15) is 13.2 Å². The number of hydrogen-bond donors (Lipinski definition) is 2. The molecular weight excluding hydrogens is 343 g/mol. The van der Waals surface area contributed by atoms with Crippen LogP contribution in [-0.4, -0.2) is 25.6 Å². The van der Waals surface area contributed by atoms with Crippen molar-refractivity contribution in [2.45, 2.75) is 23.4 Å². The predicted octanol–water partition coefficient (Wildman–Crippen LogP) is 3.43. The van der Waals surface area contributed by atoms with Crippen molar-refractivity contribution >= 4 is 15.5 Å². The number of aliphatic hydroxyl groups excluding tert-OH is 1. The van der Waals surface area contributed by atoms with Crippen molar-refractivity contribution in [3.63, 3.8) is 0 Å². The summed E-state index contributed by atoms with van der Waals surface area (Å²) in [7, 11) is -5.35. The van der Waals surface area contributed by atoms with E-state index in [0.29, 0.717) is 11.3 Å². The number of hydrogen-bond acceptors (Lipinski definition) is 4. The third kappa shape index (κ3) is 4.07. The summed E-state index contributed by atoms with van der Waals surface area (Å²) in [5, 5.41) is 12.9. The number of aryl methyl sites for hydroxylation is 1. The van der Waals surface area contributed by atoms with Crippen LogP contribution in [-0.2, 0) is 9.84 Å². The maximum atomic E-state index is 12.5. The SMILES string of the molecule is Cc1cccc(C(O)CNc2ccc(S(=O)(=O)C(F)(F)F)cc2)c1. The van der Waals surface area contributed by atoms with Crippen LogP contribution < -0.4 is 5.32 Å². The summed E-state index contributed by atoms with van der Waals surface area (Å²) >= 11 is 0. The van der Waals surface area contributed by atoms with Crippen molar-refractivity contribution in [1.82, 2.24) is 0 Å². The van der Waals surface area contributed by atoms with E-state index in [4.69, 9.17) is 0 Å². The van der Waals surface area contributed by atoms with Crippen molar-refractivity contribution in [3.8, 4) is 0 Å². The zero-order valence-electron chi connectivity index (χ0n) is 12.7. The molecular formula is C16H16F3NO3S. The summed E-state index contributed by atoms with van der Waals surface area (Å²) < 4.78 is 59.9. The Labute approximate surface area is 137 Å². The lowest BCUT2D eigenvalue weighted by atomic mass is 10.1. The quantitative estimate of drug-likeness (QED) is 0.858. The van der Waals surface area contributed by atoms with E-state index < -0.39 is 26.3 Å². The maximum Gasteiger partial charge on any atom is 0.501 e. The molecule has 0 amide bonds. The number of anilines is 1. The molecule has 130 valence electrons. The van der Waals surface area contributed by atoms with Gasteiger partial charge in [-0.15, -0.1) is 0 Å². The van der Waals surface area contributed by atoms with E-state index >= 15 is 0 Å². The zero-order valence-corrected chi connectivity index (χ0v) is 13.5. The van der Waals surface area contributed by atoms with E-state index in [0.717, 1.165) is 17.7 Å². The highest BCUT2D eigenvalue weighted by Crippen LogP contribution is 2.30. The van der Waals surface area contributed by atoms with E-state index in [2.05, 4.69) is 5.32 Å². The smallest absolute Gasteiger partial charge is 0.387 e. The van der Waals surface area contributed by atoms with Crippen LogP contribution in [0.1, 0.15) is 17.2 Å². The average molecular weight is 359 g/mol. The van der Waals surface area contributed by atoms with Crippen LogP contribution in [0.4, 0.5) is 18.9 Å². The summed E-state index contributed by atoms with van der Waals surface area (Å²) in [6, 6.07) is 11.5. The summed E-state index contributed by atoms with van der Waals surface area (Å²) in [4.78, 5) is -0.820. The second-order valence-corrected chi connectivity index (χ2v) is 7.23. The first kappa shape index (κ1) is 18.3. The molecule has 0 bridgehead atoms. The Morgan fingerprint density at radius 3 is 2.29 bits per heavy atom.